The summed E-state index contributed by atoms with van der Waals surface area (Å²) in [5.74, 6) is 0.110. The van der Waals surface area contributed by atoms with E-state index in [9.17, 15) is 4.39 Å². The zero-order valence-electron chi connectivity index (χ0n) is 9.99. The first-order chi connectivity index (χ1) is 9.06. The normalized spacial score (nSPS) is 10.2. The summed E-state index contributed by atoms with van der Waals surface area (Å²) in [5, 5.41) is 7.79. The van der Waals surface area contributed by atoms with E-state index in [4.69, 9.17) is 27.5 Å². The predicted molar refractivity (Wildman–Crippen MR) is 73.2 cm³/mol. The fraction of sp³-hybridized carbons (Fsp3) is 0.0714. The van der Waals surface area contributed by atoms with E-state index >= 15 is 0 Å². The summed E-state index contributed by atoms with van der Waals surface area (Å²) in [5.41, 5.74) is 6.32. The lowest BCUT2D eigenvalue weighted by Gasteiger charge is -2.08. The molecule has 0 atom stereocenters. The lowest BCUT2D eigenvalue weighted by molar-refractivity contribution is 0.300. The van der Waals surface area contributed by atoms with Crippen LogP contribution in [0.2, 0.25) is 5.02 Å². The van der Waals surface area contributed by atoms with Crippen molar-refractivity contribution in [3.63, 3.8) is 0 Å². The third-order valence-corrected chi connectivity index (χ3v) is 2.78. The van der Waals surface area contributed by atoms with Crippen molar-refractivity contribution in [3.8, 4) is 5.75 Å². The molecular weight excluding hydrogens is 267 g/mol. The highest BCUT2D eigenvalue weighted by atomic mass is 35.5. The minimum Gasteiger partial charge on any atom is -0.489 e. The van der Waals surface area contributed by atoms with Gasteiger partial charge in [-0.3, -0.25) is 5.41 Å². The molecule has 0 bridgehead atoms. The van der Waals surface area contributed by atoms with Gasteiger partial charge in [0.15, 0.2) is 0 Å². The van der Waals surface area contributed by atoms with Crippen molar-refractivity contribution in [2.24, 2.45) is 5.73 Å². The van der Waals surface area contributed by atoms with Crippen molar-refractivity contribution in [1.29, 1.82) is 5.41 Å². The highest BCUT2D eigenvalue weighted by Crippen LogP contribution is 2.18. The number of ether oxygens (including phenoxy) is 1. The van der Waals surface area contributed by atoms with E-state index in [0.717, 1.165) is 0 Å². The van der Waals surface area contributed by atoms with Crippen LogP contribution in [0, 0.1) is 11.2 Å². The summed E-state index contributed by atoms with van der Waals surface area (Å²) >= 11 is 5.80. The van der Waals surface area contributed by atoms with Crippen LogP contribution >= 0.6 is 11.6 Å². The van der Waals surface area contributed by atoms with Crippen LogP contribution in [0.5, 0.6) is 5.75 Å². The van der Waals surface area contributed by atoms with Crippen LogP contribution in [-0.2, 0) is 6.61 Å². The molecule has 0 fully saturated rings. The first-order valence-corrected chi connectivity index (χ1v) is 5.95. The third kappa shape index (κ3) is 3.45. The molecule has 0 saturated heterocycles. The maximum atomic E-state index is 13.5. The summed E-state index contributed by atoms with van der Waals surface area (Å²) in [6, 6.07) is 11.1. The van der Waals surface area contributed by atoms with E-state index in [2.05, 4.69) is 0 Å². The SMILES string of the molecule is N=C(N)c1cccc(OCc2cc(Cl)ccc2F)c1. The van der Waals surface area contributed by atoms with Gasteiger partial charge in [0.25, 0.3) is 0 Å². The molecule has 0 amide bonds. The second kappa shape index (κ2) is 5.71. The molecule has 2 aromatic rings. The van der Waals surface area contributed by atoms with Gasteiger partial charge in [0.05, 0.1) is 0 Å². The quantitative estimate of drug-likeness (QED) is 0.666. The Labute approximate surface area is 115 Å². The summed E-state index contributed by atoms with van der Waals surface area (Å²) in [7, 11) is 0. The number of benzene rings is 2. The monoisotopic (exact) mass is 278 g/mol. The summed E-state index contributed by atoms with van der Waals surface area (Å²) in [4.78, 5) is 0. The van der Waals surface area contributed by atoms with E-state index in [1.54, 1.807) is 24.3 Å². The summed E-state index contributed by atoms with van der Waals surface area (Å²) in [6.07, 6.45) is 0. The van der Waals surface area contributed by atoms with Crippen LogP contribution in [-0.4, -0.2) is 5.84 Å². The number of nitrogens with one attached hydrogen (secondary N) is 1. The molecule has 0 aliphatic heterocycles. The maximum Gasteiger partial charge on any atom is 0.129 e. The molecular formula is C14H12ClFN2O. The van der Waals surface area contributed by atoms with E-state index in [0.29, 0.717) is 21.9 Å². The first-order valence-electron chi connectivity index (χ1n) is 5.57. The van der Waals surface area contributed by atoms with Crippen molar-refractivity contribution >= 4 is 17.4 Å². The number of hydrogen-bond donors (Lipinski definition) is 2. The molecule has 0 saturated carbocycles. The molecule has 3 N–H and O–H groups in total. The van der Waals surface area contributed by atoms with Gasteiger partial charge in [0, 0.05) is 16.1 Å². The van der Waals surface area contributed by atoms with Gasteiger partial charge in [-0.15, -0.1) is 0 Å². The zero-order valence-corrected chi connectivity index (χ0v) is 10.7. The number of nitrogen functional groups attached to an aromatic ring is 1. The lowest BCUT2D eigenvalue weighted by Crippen LogP contribution is -2.10. The molecule has 0 aliphatic carbocycles. The Kier molecular flexibility index (Phi) is 4.02. The molecule has 3 nitrogen and oxygen atoms in total. The van der Waals surface area contributed by atoms with Gasteiger partial charge in [-0.25, -0.2) is 4.39 Å². The van der Waals surface area contributed by atoms with Gasteiger partial charge in [0.2, 0.25) is 0 Å². The molecule has 5 heteroatoms. The molecule has 19 heavy (non-hydrogen) atoms. The molecule has 98 valence electrons. The largest absolute Gasteiger partial charge is 0.489 e. The van der Waals surface area contributed by atoms with E-state index in [-0.39, 0.29) is 18.3 Å². The Hall–Kier alpha value is -2.07. The fourth-order valence-electron chi connectivity index (χ4n) is 1.57. The first kappa shape index (κ1) is 13.4. The van der Waals surface area contributed by atoms with Gasteiger partial charge in [-0.05, 0) is 30.3 Å². The average molecular weight is 279 g/mol. The zero-order chi connectivity index (χ0) is 13.8. The topological polar surface area (TPSA) is 59.1 Å². The Morgan fingerprint density at radius 2 is 2.05 bits per heavy atom. The van der Waals surface area contributed by atoms with E-state index in [1.165, 1.54) is 18.2 Å². The molecule has 0 spiro atoms. The molecule has 2 rings (SSSR count). The highest BCUT2D eigenvalue weighted by Gasteiger charge is 2.05. The number of nitrogens with two attached hydrogens (primary N) is 1. The molecule has 2 aromatic carbocycles. The van der Waals surface area contributed by atoms with Crippen LogP contribution in [0.1, 0.15) is 11.1 Å². The standard InChI is InChI=1S/C14H12ClFN2O/c15-11-4-5-13(16)10(6-11)8-19-12-3-1-2-9(7-12)14(17)18/h1-7H,8H2,(H3,17,18). The second-order valence-electron chi connectivity index (χ2n) is 3.97. The van der Waals surface area contributed by atoms with Crippen LogP contribution in [0.25, 0.3) is 0 Å². The highest BCUT2D eigenvalue weighted by molar-refractivity contribution is 6.30. The smallest absolute Gasteiger partial charge is 0.129 e. The average Bonchev–Trinajstić information content (AvgIpc) is 2.40. The van der Waals surface area contributed by atoms with Crippen molar-refractivity contribution < 1.29 is 9.13 Å². The third-order valence-electron chi connectivity index (χ3n) is 2.55. The van der Waals surface area contributed by atoms with Gasteiger partial charge >= 0.3 is 0 Å². The van der Waals surface area contributed by atoms with Crippen molar-refractivity contribution in [2.45, 2.75) is 6.61 Å². The Bertz CT molecular complexity index is 616. The number of hydrogen-bond acceptors (Lipinski definition) is 2. The van der Waals surface area contributed by atoms with Gasteiger partial charge in [0.1, 0.15) is 24.0 Å². The van der Waals surface area contributed by atoms with Crippen LogP contribution in [0.4, 0.5) is 4.39 Å². The minimum absolute atomic E-state index is 0.0422. The van der Waals surface area contributed by atoms with Crippen LogP contribution in [0.3, 0.4) is 0 Å². The van der Waals surface area contributed by atoms with Gasteiger partial charge in [-0.1, -0.05) is 23.7 Å². The van der Waals surface area contributed by atoms with E-state index < -0.39 is 0 Å². The minimum atomic E-state index is -0.368. The van der Waals surface area contributed by atoms with Crippen LogP contribution in [0.15, 0.2) is 42.5 Å². The van der Waals surface area contributed by atoms with Crippen molar-refractivity contribution in [2.75, 3.05) is 0 Å². The Morgan fingerprint density at radius 3 is 2.79 bits per heavy atom. The van der Waals surface area contributed by atoms with Crippen LogP contribution < -0.4 is 10.5 Å². The maximum absolute atomic E-state index is 13.5. The Balaban J connectivity index is 2.12. The number of rotatable bonds is 4. The van der Waals surface area contributed by atoms with Crippen molar-refractivity contribution in [1.82, 2.24) is 0 Å². The summed E-state index contributed by atoms with van der Waals surface area (Å²) < 4.78 is 19.0. The van der Waals surface area contributed by atoms with Gasteiger partial charge in [-0.2, -0.15) is 0 Å². The molecule has 0 radical (unpaired) electrons. The number of halogens is 2. The van der Waals surface area contributed by atoms with E-state index in [1.807, 2.05) is 0 Å². The second-order valence-corrected chi connectivity index (χ2v) is 4.40. The van der Waals surface area contributed by atoms with Gasteiger partial charge < -0.3 is 10.5 Å². The van der Waals surface area contributed by atoms with Crippen molar-refractivity contribution in [3.05, 3.63) is 64.4 Å². The molecule has 0 heterocycles. The molecule has 0 aliphatic rings. The fourth-order valence-corrected chi connectivity index (χ4v) is 1.76. The number of amidine groups is 1. The summed E-state index contributed by atoms with van der Waals surface area (Å²) in [6.45, 7) is 0.0632. The Morgan fingerprint density at radius 1 is 1.26 bits per heavy atom. The molecule has 0 unspecified atom stereocenters. The lowest BCUT2D eigenvalue weighted by atomic mass is 10.2. The molecule has 0 aromatic heterocycles. The predicted octanol–water partition coefficient (Wildman–Crippen LogP) is 3.34.